The molecular weight excluding hydrogens is 264 g/mol. The number of aliphatic carboxylic acids is 1. The summed E-state index contributed by atoms with van der Waals surface area (Å²) in [7, 11) is 1.17. The first-order chi connectivity index (χ1) is 8.47. The van der Waals surface area contributed by atoms with E-state index in [9.17, 15) is 14.4 Å². The van der Waals surface area contributed by atoms with Gasteiger partial charge in [0.1, 0.15) is 5.76 Å². The molecule has 1 aromatic rings. The van der Waals surface area contributed by atoms with Crippen LogP contribution in [0.1, 0.15) is 22.7 Å². The average Bonchev–Trinajstić information content (AvgIpc) is 2.67. The Morgan fingerprint density at radius 2 is 2.28 bits per heavy atom. The van der Waals surface area contributed by atoms with Crippen LogP contribution in [0.25, 0.3) is 0 Å². The van der Waals surface area contributed by atoms with E-state index in [1.54, 1.807) is 0 Å². The quantitative estimate of drug-likeness (QED) is 0.625. The van der Waals surface area contributed by atoms with Gasteiger partial charge >= 0.3 is 11.9 Å². The van der Waals surface area contributed by atoms with E-state index in [-0.39, 0.29) is 29.4 Å². The maximum Gasteiger partial charge on any atom is 0.309 e. The van der Waals surface area contributed by atoms with Crippen molar-refractivity contribution in [2.24, 2.45) is 5.92 Å². The fourth-order valence-corrected chi connectivity index (χ4v) is 1.68. The van der Waals surface area contributed by atoms with Crippen molar-refractivity contribution in [2.45, 2.75) is 12.8 Å². The highest BCUT2D eigenvalue weighted by molar-refractivity contribution is 6.32. The van der Waals surface area contributed by atoms with Crippen molar-refractivity contribution < 1.29 is 28.6 Å². The topological polar surface area (TPSA) is 93.8 Å². The molecule has 0 aromatic carbocycles. The zero-order valence-electron chi connectivity index (χ0n) is 9.51. The van der Waals surface area contributed by atoms with E-state index in [4.69, 9.17) is 21.1 Å². The Morgan fingerprint density at radius 3 is 2.72 bits per heavy atom. The summed E-state index contributed by atoms with van der Waals surface area (Å²) >= 11 is 5.69. The van der Waals surface area contributed by atoms with Gasteiger partial charge in [0.05, 0.1) is 24.5 Å². The molecule has 1 atom stereocenters. The lowest BCUT2D eigenvalue weighted by atomic mass is 10.0. The van der Waals surface area contributed by atoms with E-state index in [1.165, 1.54) is 13.2 Å². The molecule has 0 spiro atoms. The SMILES string of the molecule is COC(=O)C(CC(=O)O)Cc1cc(Cl)c(C=O)o1. The summed E-state index contributed by atoms with van der Waals surface area (Å²) < 4.78 is 9.57. The molecule has 0 aliphatic heterocycles. The van der Waals surface area contributed by atoms with Gasteiger partial charge < -0.3 is 14.3 Å². The van der Waals surface area contributed by atoms with Crippen LogP contribution < -0.4 is 0 Å². The molecule has 1 N–H and O–H groups in total. The molecular formula is C11H11ClO6. The van der Waals surface area contributed by atoms with Crippen molar-refractivity contribution in [3.63, 3.8) is 0 Å². The van der Waals surface area contributed by atoms with Gasteiger partial charge in [0.2, 0.25) is 0 Å². The Hall–Kier alpha value is -1.82. The van der Waals surface area contributed by atoms with E-state index in [0.29, 0.717) is 6.29 Å². The zero-order valence-corrected chi connectivity index (χ0v) is 10.3. The molecule has 0 aliphatic rings. The van der Waals surface area contributed by atoms with Crippen LogP contribution in [-0.2, 0) is 20.7 Å². The van der Waals surface area contributed by atoms with Gasteiger partial charge in [-0.05, 0) is 6.07 Å². The van der Waals surface area contributed by atoms with Crippen LogP contribution >= 0.6 is 11.6 Å². The van der Waals surface area contributed by atoms with Crippen molar-refractivity contribution in [1.82, 2.24) is 0 Å². The second-order valence-corrected chi connectivity index (χ2v) is 3.97. The lowest BCUT2D eigenvalue weighted by Gasteiger charge is -2.10. The minimum absolute atomic E-state index is 0.00648. The number of carbonyl (C=O) groups is 3. The van der Waals surface area contributed by atoms with Crippen molar-refractivity contribution in [2.75, 3.05) is 7.11 Å². The third-order valence-corrected chi connectivity index (χ3v) is 2.57. The van der Waals surface area contributed by atoms with Crippen LogP contribution in [0.5, 0.6) is 0 Å². The maximum absolute atomic E-state index is 11.4. The van der Waals surface area contributed by atoms with E-state index >= 15 is 0 Å². The predicted molar refractivity (Wildman–Crippen MR) is 60.6 cm³/mol. The lowest BCUT2D eigenvalue weighted by molar-refractivity contribution is -0.150. The average molecular weight is 275 g/mol. The summed E-state index contributed by atoms with van der Waals surface area (Å²) in [6, 6.07) is 1.38. The molecule has 0 fully saturated rings. The van der Waals surface area contributed by atoms with Crippen LogP contribution in [0.4, 0.5) is 0 Å². The third kappa shape index (κ3) is 3.59. The van der Waals surface area contributed by atoms with Crippen molar-refractivity contribution >= 4 is 29.8 Å². The largest absolute Gasteiger partial charge is 0.481 e. The second-order valence-electron chi connectivity index (χ2n) is 3.56. The molecule has 1 heterocycles. The minimum Gasteiger partial charge on any atom is -0.481 e. The molecule has 1 rings (SSSR count). The number of ether oxygens (including phenoxy) is 1. The molecule has 6 nitrogen and oxygen atoms in total. The Kier molecular flexibility index (Phi) is 4.91. The minimum atomic E-state index is -1.13. The lowest BCUT2D eigenvalue weighted by Crippen LogP contribution is -2.21. The second kappa shape index (κ2) is 6.20. The van der Waals surface area contributed by atoms with Gasteiger partial charge in [-0.15, -0.1) is 0 Å². The molecule has 0 saturated carbocycles. The number of carbonyl (C=O) groups excluding carboxylic acids is 2. The van der Waals surface area contributed by atoms with Crippen molar-refractivity contribution in [3.05, 3.63) is 22.6 Å². The van der Waals surface area contributed by atoms with Gasteiger partial charge in [-0.25, -0.2) is 0 Å². The Bertz CT molecular complexity index is 464. The van der Waals surface area contributed by atoms with Gasteiger partial charge in [0.15, 0.2) is 12.0 Å². The number of hydrogen-bond acceptors (Lipinski definition) is 5. The fourth-order valence-electron chi connectivity index (χ4n) is 1.47. The summed E-state index contributed by atoms with van der Waals surface area (Å²) in [6.07, 6.45) is 0.0596. The predicted octanol–water partition coefficient (Wildman–Crippen LogP) is 1.55. The molecule has 1 aromatic heterocycles. The van der Waals surface area contributed by atoms with Gasteiger partial charge in [-0.1, -0.05) is 11.6 Å². The zero-order chi connectivity index (χ0) is 13.7. The summed E-state index contributed by atoms with van der Waals surface area (Å²) in [5.41, 5.74) is 0. The number of aldehydes is 1. The summed E-state index contributed by atoms with van der Waals surface area (Å²) in [6.45, 7) is 0. The number of halogens is 1. The van der Waals surface area contributed by atoms with Crippen molar-refractivity contribution in [1.29, 1.82) is 0 Å². The standard InChI is InChI=1S/C11H11ClO6/c1-17-11(16)6(3-10(14)15)2-7-4-8(12)9(5-13)18-7/h4-6H,2-3H2,1H3,(H,14,15). The molecule has 7 heteroatoms. The van der Waals surface area contributed by atoms with Crippen LogP contribution in [0, 0.1) is 5.92 Å². The first-order valence-corrected chi connectivity index (χ1v) is 5.38. The molecule has 98 valence electrons. The highest BCUT2D eigenvalue weighted by atomic mass is 35.5. The molecule has 0 bridgehead atoms. The molecule has 1 unspecified atom stereocenters. The summed E-state index contributed by atoms with van der Waals surface area (Å²) in [5, 5.41) is 8.82. The number of esters is 1. The van der Waals surface area contributed by atoms with E-state index in [1.807, 2.05) is 0 Å². The number of hydrogen-bond donors (Lipinski definition) is 1. The monoisotopic (exact) mass is 274 g/mol. The molecule has 0 aliphatic carbocycles. The highest BCUT2D eigenvalue weighted by Crippen LogP contribution is 2.23. The number of carboxylic acid groups (broad SMARTS) is 1. The maximum atomic E-state index is 11.4. The highest BCUT2D eigenvalue weighted by Gasteiger charge is 2.25. The Morgan fingerprint density at radius 1 is 1.61 bits per heavy atom. The van der Waals surface area contributed by atoms with E-state index in [0.717, 1.165) is 0 Å². The van der Waals surface area contributed by atoms with Crippen molar-refractivity contribution in [3.8, 4) is 0 Å². The first-order valence-electron chi connectivity index (χ1n) is 5.01. The number of methoxy groups -OCH3 is 1. The molecule has 0 amide bonds. The van der Waals surface area contributed by atoms with Gasteiger partial charge in [-0.3, -0.25) is 14.4 Å². The number of furan rings is 1. The van der Waals surface area contributed by atoms with Crippen LogP contribution in [-0.4, -0.2) is 30.4 Å². The third-order valence-electron chi connectivity index (χ3n) is 2.27. The van der Waals surface area contributed by atoms with Crippen LogP contribution in [0.15, 0.2) is 10.5 Å². The van der Waals surface area contributed by atoms with E-state index in [2.05, 4.69) is 4.74 Å². The summed E-state index contributed by atoms with van der Waals surface area (Å²) in [4.78, 5) is 32.5. The van der Waals surface area contributed by atoms with Gasteiger partial charge in [0.25, 0.3) is 0 Å². The normalized spacial score (nSPS) is 11.9. The Balaban J connectivity index is 2.84. The van der Waals surface area contributed by atoms with Gasteiger partial charge in [-0.2, -0.15) is 0 Å². The number of carboxylic acids is 1. The Labute approximate surface area is 107 Å². The molecule has 0 saturated heterocycles. The summed E-state index contributed by atoms with van der Waals surface area (Å²) in [5.74, 6) is -2.45. The van der Waals surface area contributed by atoms with Crippen LogP contribution in [0.2, 0.25) is 5.02 Å². The molecule has 0 radical (unpaired) electrons. The van der Waals surface area contributed by atoms with E-state index < -0.39 is 17.9 Å². The fraction of sp³-hybridized carbons (Fsp3) is 0.364. The van der Waals surface area contributed by atoms with Crippen LogP contribution in [0.3, 0.4) is 0 Å². The molecule has 18 heavy (non-hydrogen) atoms. The van der Waals surface area contributed by atoms with Gasteiger partial charge in [0, 0.05) is 6.42 Å². The smallest absolute Gasteiger partial charge is 0.309 e. The number of rotatable bonds is 6. The first kappa shape index (κ1) is 14.2.